The van der Waals surface area contributed by atoms with Crippen molar-refractivity contribution < 1.29 is 23.1 Å². The molecule has 0 spiro atoms. The van der Waals surface area contributed by atoms with E-state index in [4.69, 9.17) is 9.90 Å². The predicted molar refractivity (Wildman–Crippen MR) is 135 cm³/mol. The lowest BCUT2D eigenvalue weighted by atomic mass is 10.1. The number of halogens is 3. The molecular weight excluding hydrogens is 469 g/mol. The Hall–Kier alpha value is -2.73. The average Bonchev–Trinajstić information content (AvgIpc) is 2.83. The van der Waals surface area contributed by atoms with Crippen molar-refractivity contribution in [2.24, 2.45) is 0 Å². The number of carbonyl (C=O) groups excluding carboxylic acids is 1. The topological polar surface area (TPSA) is 40.1 Å². The van der Waals surface area contributed by atoms with Crippen molar-refractivity contribution in [2.75, 3.05) is 0 Å². The fourth-order valence-electron chi connectivity index (χ4n) is 3.65. The maximum absolute atomic E-state index is 10.5. The molecule has 3 aromatic rings. The van der Waals surface area contributed by atoms with Crippen LogP contribution < -0.4 is 5.11 Å². The van der Waals surface area contributed by atoms with Crippen LogP contribution in [0, 0.1) is 0 Å². The van der Waals surface area contributed by atoms with Crippen molar-refractivity contribution in [2.45, 2.75) is 80.2 Å². The summed E-state index contributed by atoms with van der Waals surface area (Å²) < 4.78 is 31.5. The fraction of sp³-hybridized carbons (Fsp3) is 0.345. The van der Waals surface area contributed by atoms with E-state index in [0.717, 1.165) is 19.3 Å². The molecule has 0 amide bonds. The van der Waals surface area contributed by atoms with Gasteiger partial charge in [-0.25, -0.2) is 0 Å². The van der Waals surface area contributed by atoms with E-state index in [2.05, 4.69) is 93.6 Å². The molecule has 0 atom stereocenters. The lowest BCUT2D eigenvalue weighted by molar-refractivity contribution is -0.344. The zero-order valence-corrected chi connectivity index (χ0v) is 21.3. The number of hydrogen-bond acceptors (Lipinski definition) is 2. The Morgan fingerprint density at radius 3 is 1.03 bits per heavy atom. The second kappa shape index (κ2) is 14.0. The molecule has 0 saturated heterocycles. The number of rotatable bonds is 9. The first-order chi connectivity index (χ1) is 16.7. The minimum atomic E-state index is -5.19. The molecule has 3 rings (SSSR count). The van der Waals surface area contributed by atoms with Crippen LogP contribution >= 0.6 is 0 Å². The van der Waals surface area contributed by atoms with E-state index < -0.39 is 12.1 Å². The molecule has 35 heavy (non-hydrogen) atoms. The molecule has 0 aliphatic rings. The minimum absolute atomic E-state index is 0.0512. The summed E-state index contributed by atoms with van der Waals surface area (Å²) in [7, 11) is -0.0512. The van der Waals surface area contributed by atoms with E-state index in [0.29, 0.717) is 0 Å². The van der Waals surface area contributed by atoms with Crippen molar-refractivity contribution >= 4 is 16.9 Å². The molecule has 0 unspecified atom stereocenters. The van der Waals surface area contributed by atoms with E-state index in [1.807, 2.05) is 0 Å². The lowest BCUT2D eigenvalue weighted by Gasteiger charge is -2.10. The number of carboxylic acids is 1. The first kappa shape index (κ1) is 28.5. The third-order valence-corrected chi connectivity index (χ3v) is 7.56. The van der Waals surface area contributed by atoms with Crippen LogP contribution in [0.15, 0.2) is 87.5 Å². The maximum Gasteiger partial charge on any atom is 0.430 e. The van der Waals surface area contributed by atoms with Crippen LogP contribution in [0.5, 0.6) is 0 Å². The molecule has 0 bridgehead atoms. The van der Waals surface area contributed by atoms with Crippen molar-refractivity contribution in [3.63, 3.8) is 0 Å². The van der Waals surface area contributed by atoms with Gasteiger partial charge in [0.2, 0.25) is 0 Å². The van der Waals surface area contributed by atoms with Crippen LogP contribution in [0.1, 0.15) is 56.7 Å². The fourth-order valence-corrected chi connectivity index (χ4v) is 5.69. The van der Waals surface area contributed by atoms with E-state index in [9.17, 15) is 13.2 Å². The van der Waals surface area contributed by atoms with Crippen molar-refractivity contribution in [3.8, 4) is 0 Å². The third-order valence-electron chi connectivity index (χ3n) is 5.32. The second-order valence-corrected chi connectivity index (χ2v) is 10.3. The molecule has 0 heterocycles. The van der Waals surface area contributed by atoms with Gasteiger partial charge in [-0.3, -0.25) is 0 Å². The molecule has 0 aliphatic carbocycles. The average molecular weight is 503 g/mol. The van der Waals surface area contributed by atoms with Crippen molar-refractivity contribution in [1.29, 1.82) is 0 Å². The standard InChI is InChI=1S/C27H33S.C2HF3O2/c1-4-7-22-10-16-25(17-11-22)28(26-18-12-23(8-5-2)13-19-26)27-20-14-24(9-6-3)15-21-27;3-2(4,5)1(6)7/h10-21H,4-9H2,1-3H3;(H,6,7)/q+1;/p-1. The number of aryl methyl sites for hydroxylation is 3. The highest BCUT2D eigenvalue weighted by molar-refractivity contribution is 7.97. The molecular formula is C29H33F3O2S. The number of carboxylic acid groups (broad SMARTS) is 1. The molecule has 3 aromatic carbocycles. The van der Waals surface area contributed by atoms with Crippen LogP contribution in [0.3, 0.4) is 0 Å². The Labute approximate surface area is 209 Å². The molecule has 188 valence electrons. The van der Waals surface area contributed by atoms with Gasteiger partial charge in [-0.05, 0) is 72.4 Å². The summed E-state index contributed by atoms with van der Waals surface area (Å²) >= 11 is 0. The van der Waals surface area contributed by atoms with Gasteiger partial charge in [-0.2, -0.15) is 13.2 Å². The van der Waals surface area contributed by atoms with Gasteiger partial charge < -0.3 is 9.90 Å². The normalized spacial score (nSPS) is 11.2. The Morgan fingerprint density at radius 2 is 0.857 bits per heavy atom. The van der Waals surface area contributed by atoms with Gasteiger partial charge in [0, 0.05) is 0 Å². The number of aliphatic carboxylic acids is 1. The number of carbonyl (C=O) groups is 1. The zero-order chi connectivity index (χ0) is 25.8. The van der Waals surface area contributed by atoms with Crippen LogP contribution in [0.2, 0.25) is 0 Å². The molecule has 2 nitrogen and oxygen atoms in total. The highest BCUT2D eigenvalue weighted by Gasteiger charge is 2.29. The highest BCUT2D eigenvalue weighted by atomic mass is 32.2. The predicted octanol–water partition coefficient (Wildman–Crippen LogP) is 6.94. The first-order valence-electron chi connectivity index (χ1n) is 12.0. The SMILES string of the molecule is CCCc1ccc([S+](c2ccc(CCC)cc2)c2ccc(CCC)cc2)cc1.O=C([O-])C(F)(F)F. The van der Waals surface area contributed by atoms with Gasteiger partial charge in [-0.15, -0.1) is 0 Å². The van der Waals surface area contributed by atoms with Gasteiger partial charge in [0.15, 0.2) is 14.7 Å². The number of hydrogen-bond donors (Lipinski definition) is 0. The van der Waals surface area contributed by atoms with E-state index in [-0.39, 0.29) is 10.9 Å². The van der Waals surface area contributed by atoms with Crippen LogP contribution in [0.25, 0.3) is 0 Å². The summed E-state index contributed by atoms with van der Waals surface area (Å²) in [5, 5.41) is 8.78. The highest BCUT2D eigenvalue weighted by Crippen LogP contribution is 2.32. The molecule has 0 aromatic heterocycles. The Kier molecular flexibility index (Phi) is 11.4. The summed E-state index contributed by atoms with van der Waals surface area (Å²) in [4.78, 5) is 13.0. The molecule has 6 heteroatoms. The Balaban J connectivity index is 0.000000540. The van der Waals surface area contributed by atoms with Gasteiger partial charge in [0.25, 0.3) is 0 Å². The minimum Gasteiger partial charge on any atom is -0.542 e. The zero-order valence-electron chi connectivity index (χ0n) is 20.5. The summed E-state index contributed by atoms with van der Waals surface area (Å²) in [6, 6.07) is 27.9. The van der Waals surface area contributed by atoms with Gasteiger partial charge in [0.1, 0.15) is 5.97 Å². The Bertz CT molecular complexity index is 910. The Morgan fingerprint density at radius 1 is 0.629 bits per heavy atom. The third kappa shape index (κ3) is 9.10. The quantitative estimate of drug-likeness (QED) is 0.298. The molecule has 0 aliphatic heterocycles. The second-order valence-electron chi connectivity index (χ2n) is 8.27. The van der Waals surface area contributed by atoms with Gasteiger partial charge in [-0.1, -0.05) is 76.4 Å². The van der Waals surface area contributed by atoms with E-state index >= 15 is 0 Å². The molecule has 0 radical (unpaired) electrons. The summed E-state index contributed by atoms with van der Waals surface area (Å²) in [6.07, 6.45) is 1.87. The molecule has 0 saturated carbocycles. The van der Waals surface area contributed by atoms with Crippen molar-refractivity contribution in [1.82, 2.24) is 0 Å². The number of benzene rings is 3. The largest absolute Gasteiger partial charge is 0.542 e. The maximum atomic E-state index is 10.5. The van der Waals surface area contributed by atoms with Gasteiger partial charge >= 0.3 is 6.18 Å². The number of alkyl halides is 3. The molecule has 0 N–H and O–H groups in total. The van der Waals surface area contributed by atoms with Crippen molar-refractivity contribution in [3.05, 3.63) is 89.5 Å². The summed E-state index contributed by atoms with van der Waals surface area (Å²) in [5.41, 5.74) is 4.31. The van der Waals surface area contributed by atoms with E-state index in [1.165, 1.54) is 50.6 Å². The smallest absolute Gasteiger partial charge is 0.430 e. The van der Waals surface area contributed by atoms with Crippen LogP contribution in [-0.4, -0.2) is 12.1 Å². The van der Waals surface area contributed by atoms with E-state index in [1.54, 1.807) is 0 Å². The van der Waals surface area contributed by atoms with Gasteiger partial charge in [0.05, 0.1) is 10.9 Å². The monoisotopic (exact) mass is 502 g/mol. The molecule has 0 fully saturated rings. The first-order valence-corrected chi connectivity index (χ1v) is 13.2. The summed E-state index contributed by atoms with van der Waals surface area (Å²) in [6.45, 7) is 6.73. The summed E-state index contributed by atoms with van der Waals surface area (Å²) in [5.74, 6) is -3.01. The lowest BCUT2D eigenvalue weighted by Crippen LogP contribution is -2.37. The van der Waals surface area contributed by atoms with Crippen LogP contribution in [-0.2, 0) is 35.0 Å². The van der Waals surface area contributed by atoms with Crippen LogP contribution in [0.4, 0.5) is 13.2 Å².